The number of hydrogen-bond acceptors (Lipinski definition) is 1. The van der Waals surface area contributed by atoms with E-state index in [2.05, 4.69) is 32.0 Å². The van der Waals surface area contributed by atoms with E-state index in [0.717, 1.165) is 34.8 Å². The van der Waals surface area contributed by atoms with Gasteiger partial charge < -0.3 is 4.42 Å². The normalized spacial score (nSPS) is 13.4. The van der Waals surface area contributed by atoms with Gasteiger partial charge in [0.1, 0.15) is 11.2 Å². The van der Waals surface area contributed by atoms with Crippen molar-refractivity contribution in [3.05, 3.63) is 48.0 Å². The second-order valence-electron chi connectivity index (χ2n) is 5.79. The van der Waals surface area contributed by atoms with Crippen molar-refractivity contribution in [1.82, 2.24) is 0 Å². The Kier molecular flexibility index (Phi) is 3.71. The standard InChI is InChI=1S/C18H19ClO/c1-12(2)7-9-16(19)13-8-10-18-15(11-13)14-5-3-4-6-17(14)20-18/h3-6,8,10-12,16H,7,9H2,1-2H3. The molecule has 20 heavy (non-hydrogen) atoms. The summed E-state index contributed by atoms with van der Waals surface area (Å²) in [5.74, 6) is 0.690. The van der Waals surface area contributed by atoms with Gasteiger partial charge in [0.2, 0.25) is 0 Å². The summed E-state index contributed by atoms with van der Waals surface area (Å²) >= 11 is 6.54. The lowest BCUT2D eigenvalue weighted by Crippen LogP contribution is -1.94. The van der Waals surface area contributed by atoms with Gasteiger partial charge in [-0.15, -0.1) is 11.6 Å². The molecule has 0 bridgehead atoms. The molecule has 1 unspecified atom stereocenters. The number of para-hydroxylation sites is 1. The van der Waals surface area contributed by atoms with Crippen LogP contribution in [0.2, 0.25) is 0 Å². The Bertz CT molecular complexity index is 726. The van der Waals surface area contributed by atoms with E-state index in [-0.39, 0.29) is 5.38 Å². The largest absolute Gasteiger partial charge is 0.456 e. The first-order valence-electron chi connectivity index (χ1n) is 7.20. The first-order valence-corrected chi connectivity index (χ1v) is 7.64. The van der Waals surface area contributed by atoms with Crippen molar-refractivity contribution in [2.75, 3.05) is 0 Å². The molecule has 104 valence electrons. The third-order valence-corrected chi connectivity index (χ3v) is 4.23. The van der Waals surface area contributed by atoms with E-state index < -0.39 is 0 Å². The topological polar surface area (TPSA) is 13.1 Å². The number of rotatable bonds is 4. The molecule has 0 fully saturated rings. The predicted molar refractivity (Wildman–Crippen MR) is 86.4 cm³/mol. The van der Waals surface area contributed by atoms with E-state index in [1.54, 1.807) is 0 Å². The summed E-state index contributed by atoms with van der Waals surface area (Å²) in [6, 6.07) is 14.4. The lowest BCUT2D eigenvalue weighted by Gasteiger charge is -2.11. The van der Waals surface area contributed by atoms with Gasteiger partial charge >= 0.3 is 0 Å². The molecule has 0 aliphatic carbocycles. The summed E-state index contributed by atoms with van der Waals surface area (Å²) in [6.07, 6.45) is 2.17. The number of halogens is 1. The fourth-order valence-corrected chi connectivity index (χ4v) is 2.85. The van der Waals surface area contributed by atoms with Crippen molar-refractivity contribution in [3.63, 3.8) is 0 Å². The molecule has 0 saturated carbocycles. The van der Waals surface area contributed by atoms with Crippen molar-refractivity contribution in [2.45, 2.75) is 32.1 Å². The van der Waals surface area contributed by atoms with Crippen molar-refractivity contribution in [2.24, 2.45) is 5.92 Å². The highest BCUT2D eigenvalue weighted by atomic mass is 35.5. The van der Waals surface area contributed by atoms with Gasteiger partial charge in [0.15, 0.2) is 0 Å². The summed E-state index contributed by atoms with van der Waals surface area (Å²) in [7, 11) is 0. The molecule has 3 rings (SSSR count). The molecule has 1 heterocycles. The average molecular weight is 287 g/mol. The summed E-state index contributed by atoms with van der Waals surface area (Å²) in [5, 5.41) is 2.40. The van der Waals surface area contributed by atoms with E-state index in [4.69, 9.17) is 16.0 Å². The number of alkyl halides is 1. The maximum atomic E-state index is 6.54. The van der Waals surface area contributed by atoms with Crippen LogP contribution in [-0.4, -0.2) is 0 Å². The predicted octanol–water partition coefficient (Wildman–Crippen LogP) is 6.30. The summed E-state index contributed by atoms with van der Waals surface area (Å²) in [6.45, 7) is 4.47. The number of benzene rings is 2. The van der Waals surface area contributed by atoms with E-state index >= 15 is 0 Å². The maximum absolute atomic E-state index is 6.54. The zero-order valence-electron chi connectivity index (χ0n) is 11.9. The van der Waals surface area contributed by atoms with E-state index in [0.29, 0.717) is 5.92 Å². The Morgan fingerprint density at radius 3 is 2.50 bits per heavy atom. The Morgan fingerprint density at radius 2 is 1.70 bits per heavy atom. The van der Waals surface area contributed by atoms with Crippen LogP contribution in [0.15, 0.2) is 46.9 Å². The van der Waals surface area contributed by atoms with Gasteiger partial charge in [-0.25, -0.2) is 0 Å². The molecule has 0 amide bonds. The fraction of sp³-hybridized carbons (Fsp3) is 0.333. The van der Waals surface area contributed by atoms with Crippen molar-refractivity contribution >= 4 is 33.5 Å². The molecular weight excluding hydrogens is 268 g/mol. The van der Waals surface area contributed by atoms with Crippen LogP contribution in [0.1, 0.15) is 37.6 Å². The van der Waals surface area contributed by atoms with Crippen LogP contribution < -0.4 is 0 Å². The molecule has 3 aromatic rings. The molecule has 0 spiro atoms. The monoisotopic (exact) mass is 286 g/mol. The Hall–Kier alpha value is -1.47. The molecule has 0 radical (unpaired) electrons. The molecule has 2 heteroatoms. The van der Waals surface area contributed by atoms with Crippen LogP contribution in [0.4, 0.5) is 0 Å². The van der Waals surface area contributed by atoms with E-state index in [1.807, 2.05) is 24.3 Å². The number of fused-ring (bicyclic) bond motifs is 3. The second kappa shape index (κ2) is 5.49. The molecule has 1 aromatic heterocycles. The highest BCUT2D eigenvalue weighted by Crippen LogP contribution is 2.34. The minimum absolute atomic E-state index is 0.0791. The average Bonchev–Trinajstić information content (AvgIpc) is 2.82. The van der Waals surface area contributed by atoms with E-state index in [9.17, 15) is 0 Å². The Morgan fingerprint density at radius 1 is 0.950 bits per heavy atom. The van der Waals surface area contributed by atoms with Gasteiger partial charge in [-0.3, -0.25) is 0 Å². The highest BCUT2D eigenvalue weighted by Gasteiger charge is 2.12. The Labute approximate surface area is 124 Å². The third-order valence-electron chi connectivity index (χ3n) is 3.76. The van der Waals surface area contributed by atoms with Crippen LogP contribution in [0, 0.1) is 5.92 Å². The molecular formula is C18H19ClO. The molecule has 1 atom stereocenters. The van der Waals surface area contributed by atoms with Crippen LogP contribution >= 0.6 is 11.6 Å². The number of furan rings is 1. The van der Waals surface area contributed by atoms with Gasteiger partial charge in [-0.1, -0.05) is 38.1 Å². The van der Waals surface area contributed by atoms with Crippen molar-refractivity contribution in [3.8, 4) is 0 Å². The molecule has 2 aromatic carbocycles. The van der Waals surface area contributed by atoms with E-state index in [1.165, 1.54) is 5.56 Å². The third kappa shape index (κ3) is 2.55. The van der Waals surface area contributed by atoms with Gasteiger partial charge in [0.05, 0.1) is 5.38 Å². The van der Waals surface area contributed by atoms with Gasteiger partial charge in [-0.05, 0) is 42.5 Å². The minimum Gasteiger partial charge on any atom is -0.456 e. The highest BCUT2D eigenvalue weighted by molar-refractivity contribution is 6.21. The Balaban J connectivity index is 1.99. The SMILES string of the molecule is CC(C)CCC(Cl)c1ccc2oc3ccccc3c2c1. The zero-order valence-corrected chi connectivity index (χ0v) is 12.7. The second-order valence-corrected chi connectivity index (χ2v) is 6.32. The maximum Gasteiger partial charge on any atom is 0.135 e. The first kappa shape index (κ1) is 13.5. The molecule has 0 aliphatic rings. The van der Waals surface area contributed by atoms with Crippen LogP contribution in [0.5, 0.6) is 0 Å². The van der Waals surface area contributed by atoms with Gasteiger partial charge in [0.25, 0.3) is 0 Å². The summed E-state index contributed by atoms with van der Waals surface area (Å²) < 4.78 is 5.84. The van der Waals surface area contributed by atoms with Crippen LogP contribution in [0.3, 0.4) is 0 Å². The van der Waals surface area contributed by atoms with Crippen molar-refractivity contribution < 1.29 is 4.42 Å². The molecule has 0 aliphatic heterocycles. The van der Waals surface area contributed by atoms with Gasteiger partial charge in [-0.2, -0.15) is 0 Å². The smallest absolute Gasteiger partial charge is 0.135 e. The minimum atomic E-state index is 0.0791. The lowest BCUT2D eigenvalue weighted by atomic mass is 10.0. The van der Waals surface area contributed by atoms with Crippen LogP contribution in [0.25, 0.3) is 21.9 Å². The van der Waals surface area contributed by atoms with Gasteiger partial charge in [0, 0.05) is 10.8 Å². The lowest BCUT2D eigenvalue weighted by molar-refractivity contribution is 0.549. The summed E-state index contributed by atoms with van der Waals surface area (Å²) in [4.78, 5) is 0. The van der Waals surface area contributed by atoms with Crippen molar-refractivity contribution in [1.29, 1.82) is 0 Å². The molecule has 1 nitrogen and oxygen atoms in total. The summed E-state index contributed by atoms with van der Waals surface area (Å²) in [5.41, 5.74) is 3.06. The first-order chi connectivity index (χ1) is 9.65. The molecule has 0 saturated heterocycles. The quantitative estimate of drug-likeness (QED) is 0.513. The number of hydrogen-bond donors (Lipinski definition) is 0. The zero-order chi connectivity index (χ0) is 14.1. The van der Waals surface area contributed by atoms with Crippen LogP contribution in [-0.2, 0) is 0 Å². The molecule has 0 N–H and O–H groups in total. The fourth-order valence-electron chi connectivity index (χ4n) is 2.58.